The zero-order valence-corrected chi connectivity index (χ0v) is 9.98. The number of halogens is 1. The molecule has 0 saturated carbocycles. The molecule has 0 atom stereocenters. The second-order valence-corrected chi connectivity index (χ2v) is 4.69. The lowest BCUT2D eigenvalue weighted by Gasteiger charge is -2.09. The van der Waals surface area contributed by atoms with E-state index in [0.717, 1.165) is 4.90 Å². The van der Waals surface area contributed by atoms with Gasteiger partial charge in [0.15, 0.2) is 0 Å². The Morgan fingerprint density at radius 1 is 1.12 bits per heavy atom. The van der Waals surface area contributed by atoms with Crippen LogP contribution in [0.1, 0.15) is 0 Å². The molecule has 2 aromatic carbocycles. The summed E-state index contributed by atoms with van der Waals surface area (Å²) >= 11 is 7.02. The highest BCUT2D eigenvalue weighted by molar-refractivity contribution is 7.99. The van der Waals surface area contributed by atoms with Crippen molar-refractivity contribution in [3.8, 4) is 0 Å². The fraction of sp³-hybridized carbons (Fsp3) is 0.0909. The van der Waals surface area contributed by atoms with Crippen molar-refractivity contribution >= 4 is 29.1 Å². The quantitative estimate of drug-likeness (QED) is 0.852. The minimum atomic E-state index is -0.445. The van der Waals surface area contributed by atoms with Crippen LogP contribution in [0.25, 0.3) is 0 Å². The van der Waals surface area contributed by atoms with Gasteiger partial charge >= 0.3 is 0 Å². The summed E-state index contributed by atoms with van der Waals surface area (Å²) in [6, 6.07) is 7.11. The minimum Gasteiger partial charge on any atom is -0.384 e. The summed E-state index contributed by atoms with van der Waals surface area (Å²) in [4.78, 5) is 23.8. The summed E-state index contributed by atoms with van der Waals surface area (Å²) < 4.78 is 0. The van der Waals surface area contributed by atoms with Gasteiger partial charge in [-0.05, 0) is 24.3 Å². The minimum absolute atomic E-state index is 0.393. The van der Waals surface area contributed by atoms with Gasteiger partial charge < -0.3 is 5.32 Å². The Morgan fingerprint density at radius 2 is 1.75 bits per heavy atom. The lowest BCUT2D eigenvalue weighted by molar-refractivity contribution is 1.19. The van der Waals surface area contributed by atoms with Crippen LogP contribution in [0.2, 0.25) is 5.02 Å². The van der Waals surface area contributed by atoms with Crippen LogP contribution in [0, 0.1) is 0 Å². The maximum atomic E-state index is 11.3. The molecule has 0 aliphatic heterocycles. The van der Waals surface area contributed by atoms with E-state index in [4.69, 9.17) is 11.6 Å². The molecule has 0 fully saturated rings. The second-order valence-electron chi connectivity index (χ2n) is 3.17. The molecular formula is C11H8ClNO2S. The van der Waals surface area contributed by atoms with Gasteiger partial charge in [-0.2, -0.15) is 0 Å². The van der Waals surface area contributed by atoms with Gasteiger partial charge in [0, 0.05) is 17.0 Å². The summed E-state index contributed by atoms with van der Waals surface area (Å²) in [5, 5.41) is 3.37. The molecule has 2 aromatic rings. The Balaban J connectivity index is 2.28. The first-order valence-electron chi connectivity index (χ1n) is 4.58. The number of nitrogens with one attached hydrogen (secondary N) is 1. The number of hydrogen-bond donors (Lipinski definition) is 1. The van der Waals surface area contributed by atoms with E-state index < -0.39 is 10.9 Å². The first kappa shape index (κ1) is 11.2. The largest absolute Gasteiger partial charge is 0.384 e. The van der Waals surface area contributed by atoms with E-state index in [-0.39, 0.29) is 0 Å². The van der Waals surface area contributed by atoms with E-state index in [2.05, 4.69) is 5.32 Å². The van der Waals surface area contributed by atoms with E-state index in [9.17, 15) is 9.59 Å². The average Bonchev–Trinajstić information content (AvgIpc) is 2.30. The van der Waals surface area contributed by atoms with Crippen molar-refractivity contribution in [3.63, 3.8) is 0 Å². The molecule has 0 radical (unpaired) electrons. The van der Waals surface area contributed by atoms with Crippen LogP contribution in [-0.2, 0) is 0 Å². The van der Waals surface area contributed by atoms with E-state index in [1.165, 1.54) is 11.8 Å². The molecule has 0 spiro atoms. The third-order valence-corrected chi connectivity index (χ3v) is 3.50. The van der Waals surface area contributed by atoms with Crippen molar-refractivity contribution < 1.29 is 0 Å². The lowest BCUT2D eigenvalue weighted by atomic mass is 10.2. The number of rotatable bonds is 3. The van der Waals surface area contributed by atoms with Gasteiger partial charge in [-0.25, -0.2) is 0 Å². The Morgan fingerprint density at radius 3 is 2.31 bits per heavy atom. The summed E-state index contributed by atoms with van der Waals surface area (Å²) in [7, 11) is 1.63. The van der Waals surface area contributed by atoms with Gasteiger partial charge in [0.05, 0.1) is 4.90 Å². The predicted octanol–water partition coefficient (Wildman–Crippen LogP) is 2.13. The van der Waals surface area contributed by atoms with Gasteiger partial charge in [-0.15, -0.1) is 0 Å². The predicted molar refractivity (Wildman–Crippen MR) is 66.5 cm³/mol. The van der Waals surface area contributed by atoms with Crippen LogP contribution in [0.15, 0.2) is 43.6 Å². The van der Waals surface area contributed by atoms with E-state index in [1.54, 1.807) is 19.2 Å². The highest BCUT2D eigenvalue weighted by atomic mass is 35.5. The maximum Gasteiger partial charge on any atom is 0.251 e. The summed E-state index contributed by atoms with van der Waals surface area (Å²) in [5.41, 5.74) is -0.479. The fourth-order valence-electron chi connectivity index (χ4n) is 1.32. The highest BCUT2D eigenvalue weighted by Gasteiger charge is 2.20. The summed E-state index contributed by atoms with van der Waals surface area (Å²) in [6.07, 6.45) is 0. The molecule has 3 nitrogen and oxygen atoms in total. The van der Waals surface area contributed by atoms with Gasteiger partial charge in [-0.3, -0.25) is 9.59 Å². The lowest BCUT2D eigenvalue weighted by Crippen LogP contribution is -2.35. The first-order valence-corrected chi connectivity index (χ1v) is 5.77. The Kier molecular flexibility index (Phi) is 3.03. The van der Waals surface area contributed by atoms with Crippen LogP contribution >= 0.6 is 23.4 Å². The standard InChI is InChI=1S/C11H8ClNO2S/c1-13-8-9(14)10(15)11(8)16-7-4-2-6(12)3-5-7/h2-5,13H,1H3. The van der Waals surface area contributed by atoms with Crippen molar-refractivity contribution in [2.45, 2.75) is 9.79 Å². The molecule has 0 bridgehead atoms. The normalized spacial score (nSPS) is 10.6. The smallest absolute Gasteiger partial charge is 0.251 e. The van der Waals surface area contributed by atoms with Crippen molar-refractivity contribution in [1.82, 2.24) is 0 Å². The first-order chi connectivity index (χ1) is 7.63. The van der Waals surface area contributed by atoms with E-state index in [0.29, 0.717) is 15.6 Å². The second kappa shape index (κ2) is 4.31. The average molecular weight is 254 g/mol. The van der Waals surface area contributed by atoms with Crippen LogP contribution in [-0.4, -0.2) is 7.05 Å². The van der Waals surface area contributed by atoms with E-state index >= 15 is 0 Å². The zero-order chi connectivity index (χ0) is 11.7. The molecule has 1 N–H and O–H groups in total. The van der Waals surface area contributed by atoms with Gasteiger partial charge in [0.25, 0.3) is 5.43 Å². The van der Waals surface area contributed by atoms with Crippen molar-refractivity contribution in [3.05, 3.63) is 49.7 Å². The molecule has 0 unspecified atom stereocenters. The number of anilines is 1. The fourth-order valence-corrected chi connectivity index (χ4v) is 2.43. The van der Waals surface area contributed by atoms with Gasteiger partial charge in [0.2, 0.25) is 5.43 Å². The van der Waals surface area contributed by atoms with Crippen LogP contribution in [0.5, 0.6) is 0 Å². The Bertz CT molecular complexity index is 585. The third-order valence-electron chi connectivity index (χ3n) is 2.15. The highest BCUT2D eigenvalue weighted by Crippen LogP contribution is 2.30. The van der Waals surface area contributed by atoms with Crippen molar-refractivity contribution in [2.24, 2.45) is 0 Å². The third kappa shape index (κ3) is 1.86. The molecule has 5 heteroatoms. The van der Waals surface area contributed by atoms with Gasteiger partial charge in [0.1, 0.15) is 5.69 Å². The summed E-state index contributed by atoms with van der Waals surface area (Å²) in [5.74, 6) is 0. The number of hydrogen-bond acceptors (Lipinski definition) is 4. The number of benzene rings is 1. The Labute approximate surface area is 101 Å². The van der Waals surface area contributed by atoms with E-state index in [1.807, 2.05) is 12.1 Å². The van der Waals surface area contributed by atoms with Crippen molar-refractivity contribution in [1.29, 1.82) is 0 Å². The zero-order valence-electron chi connectivity index (χ0n) is 8.41. The SMILES string of the molecule is CNc1c(Sc2ccc(Cl)cc2)c(=O)c1=O. The molecule has 0 aliphatic carbocycles. The molecule has 0 aliphatic rings. The van der Waals surface area contributed by atoms with Crippen LogP contribution < -0.4 is 16.2 Å². The molecule has 0 heterocycles. The van der Waals surface area contributed by atoms with Crippen molar-refractivity contribution in [2.75, 3.05) is 12.4 Å². The summed E-state index contributed by atoms with van der Waals surface area (Å²) in [6.45, 7) is 0. The molecule has 82 valence electrons. The molecular weight excluding hydrogens is 246 g/mol. The molecule has 16 heavy (non-hydrogen) atoms. The molecule has 0 amide bonds. The topological polar surface area (TPSA) is 46.2 Å². The monoisotopic (exact) mass is 253 g/mol. The molecule has 0 aromatic heterocycles. The molecule has 2 rings (SSSR count). The van der Waals surface area contributed by atoms with Gasteiger partial charge in [-0.1, -0.05) is 23.4 Å². The molecule has 0 saturated heterocycles. The van der Waals surface area contributed by atoms with Crippen LogP contribution in [0.3, 0.4) is 0 Å². The van der Waals surface area contributed by atoms with Crippen LogP contribution in [0.4, 0.5) is 5.69 Å². The maximum absolute atomic E-state index is 11.3. The Hall–Kier alpha value is -1.26.